The van der Waals surface area contributed by atoms with Crippen molar-refractivity contribution in [1.82, 2.24) is 5.32 Å². The number of nitrogens with one attached hydrogen (secondary N) is 2. The first kappa shape index (κ1) is 15.3. The van der Waals surface area contributed by atoms with Crippen molar-refractivity contribution in [2.24, 2.45) is 16.5 Å². The van der Waals surface area contributed by atoms with Gasteiger partial charge in [-0.25, -0.2) is 0 Å². The molecule has 0 spiro atoms. The van der Waals surface area contributed by atoms with Crippen molar-refractivity contribution in [3.63, 3.8) is 0 Å². The second-order valence-electron chi connectivity index (χ2n) is 3.50. The van der Waals surface area contributed by atoms with E-state index in [0.717, 1.165) is 17.3 Å². The Bertz CT molecular complexity index is 502. The molecule has 0 aromatic heterocycles. The number of halogens is 1. The second kappa shape index (κ2) is 7.65. The molecular weight excluding hydrogens is 286 g/mol. The average molecular weight is 300 g/mol. The number of aliphatic imine (C=N–C) groups is 1. The molecule has 0 heterocycles. The van der Waals surface area contributed by atoms with Gasteiger partial charge in [0, 0.05) is 11.6 Å². The van der Waals surface area contributed by atoms with Crippen LogP contribution in [-0.4, -0.2) is 22.8 Å². The Labute approximate surface area is 120 Å². The Balaban J connectivity index is 2.35. The van der Waals surface area contributed by atoms with E-state index in [1.165, 1.54) is 0 Å². The fourth-order valence-electron chi connectivity index (χ4n) is 1.17. The van der Waals surface area contributed by atoms with Crippen LogP contribution in [0.1, 0.15) is 5.56 Å². The maximum atomic E-state index is 11.5. The summed E-state index contributed by atoms with van der Waals surface area (Å²) in [7, 11) is 0. The molecule has 6 N–H and O–H groups in total. The van der Waals surface area contributed by atoms with E-state index in [9.17, 15) is 4.79 Å². The highest BCUT2D eigenvalue weighted by molar-refractivity contribution is 8.14. The number of amidine groups is 1. The highest BCUT2D eigenvalue weighted by Crippen LogP contribution is 2.14. The van der Waals surface area contributed by atoms with Gasteiger partial charge in [0.15, 0.2) is 11.1 Å². The van der Waals surface area contributed by atoms with Gasteiger partial charge in [0.05, 0.1) is 5.75 Å². The van der Waals surface area contributed by atoms with Gasteiger partial charge in [-0.2, -0.15) is 4.99 Å². The molecule has 0 saturated heterocycles. The minimum atomic E-state index is -0.222. The molecule has 0 aliphatic heterocycles. The zero-order valence-electron chi connectivity index (χ0n) is 10.0. The molecule has 102 valence electrons. The van der Waals surface area contributed by atoms with Crippen LogP contribution in [0.15, 0.2) is 29.3 Å². The first-order chi connectivity index (χ1) is 8.99. The number of hydrogen-bond acceptors (Lipinski definition) is 3. The maximum absolute atomic E-state index is 11.5. The van der Waals surface area contributed by atoms with Crippen LogP contribution in [0.4, 0.5) is 0 Å². The zero-order chi connectivity index (χ0) is 14.3. The van der Waals surface area contributed by atoms with E-state index < -0.39 is 0 Å². The first-order valence-electron chi connectivity index (χ1n) is 5.30. The molecule has 1 rings (SSSR count). The van der Waals surface area contributed by atoms with Gasteiger partial charge in [-0.15, -0.1) is 0 Å². The predicted octanol–water partition coefficient (Wildman–Crippen LogP) is 0.898. The Morgan fingerprint density at radius 2 is 2.11 bits per heavy atom. The number of benzene rings is 1. The molecule has 0 aliphatic rings. The fraction of sp³-hybridized carbons (Fsp3) is 0.182. The zero-order valence-corrected chi connectivity index (χ0v) is 11.6. The summed E-state index contributed by atoms with van der Waals surface area (Å²) in [5, 5.41) is 10.6. The third-order valence-corrected chi connectivity index (χ3v) is 3.14. The van der Waals surface area contributed by atoms with Crippen LogP contribution in [0.2, 0.25) is 5.02 Å². The Hall–Kier alpha value is -1.73. The molecule has 0 unspecified atom stereocenters. The van der Waals surface area contributed by atoms with Crippen LogP contribution in [0, 0.1) is 5.41 Å². The van der Waals surface area contributed by atoms with Gasteiger partial charge in [-0.3, -0.25) is 10.2 Å². The van der Waals surface area contributed by atoms with Crippen molar-refractivity contribution in [1.29, 1.82) is 5.41 Å². The fourth-order valence-corrected chi connectivity index (χ4v) is 1.91. The van der Waals surface area contributed by atoms with E-state index in [0.29, 0.717) is 11.6 Å². The summed E-state index contributed by atoms with van der Waals surface area (Å²) >= 11 is 6.90. The van der Waals surface area contributed by atoms with Gasteiger partial charge in [0.1, 0.15) is 0 Å². The van der Waals surface area contributed by atoms with Crippen molar-refractivity contribution in [3.8, 4) is 0 Å². The summed E-state index contributed by atoms with van der Waals surface area (Å²) in [6.07, 6.45) is 0. The monoisotopic (exact) mass is 299 g/mol. The van der Waals surface area contributed by atoms with Crippen molar-refractivity contribution in [2.45, 2.75) is 6.54 Å². The summed E-state index contributed by atoms with van der Waals surface area (Å²) in [5.41, 5.74) is 11.1. The molecular formula is C11H14ClN5OS. The Morgan fingerprint density at radius 3 is 2.74 bits per heavy atom. The van der Waals surface area contributed by atoms with Crippen LogP contribution in [0.3, 0.4) is 0 Å². The van der Waals surface area contributed by atoms with Crippen LogP contribution >= 0.6 is 23.4 Å². The lowest BCUT2D eigenvalue weighted by Gasteiger charge is -2.06. The van der Waals surface area contributed by atoms with Crippen molar-refractivity contribution < 1.29 is 4.79 Å². The molecule has 0 radical (unpaired) electrons. The summed E-state index contributed by atoms with van der Waals surface area (Å²) in [6.45, 7) is 0.342. The van der Waals surface area contributed by atoms with Gasteiger partial charge in [0.2, 0.25) is 5.91 Å². The van der Waals surface area contributed by atoms with Crippen molar-refractivity contribution in [3.05, 3.63) is 34.9 Å². The van der Waals surface area contributed by atoms with Gasteiger partial charge in [-0.1, -0.05) is 41.6 Å². The van der Waals surface area contributed by atoms with Gasteiger partial charge < -0.3 is 16.8 Å². The number of amides is 1. The van der Waals surface area contributed by atoms with Gasteiger partial charge in [0.25, 0.3) is 0 Å². The number of carbonyl (C=O) groups is 1. The van der Waals surface area contributed by atoms with E-state index in [-0.39, 0.29) is 22.8 Å². The number of rotatable bonds is 4. The minimum absolute atomic E-state index is 0.0695. The SMILES string of the molecule is N=C(N=C(N)N)SCC(=O)NCc1ccccc1Cl. The molecule has 6 nitrogen and oxygen atoms in total. The van der Waals surface area contributed by atoms with E-state index >= 15 is 0 Å². The van der Waals surface area contributed by atoms with E-state index in [2.05, 4.69) is 10.3 Å². The molecule has 8 heteroatoms. The standard InChI is InChI=1S/C11H14ClN5OS/c12-8-4-2-1-3-7(8)5-16-9(18)6-19-11(15)17-10(13)14/h1-4H,5-6H2,(H,16,18)(H5,13,14,15,17). The topological polar surface area (TPSA) is 117 Å². The second-order valence-corrected chi connectivity index (χ2v) is 4.87. The number of carbonyl (C=O) groups excluding carboxylic acids is 1. The highest BCUT2D eigenvalue weighted by atomic mass is 35.5. The van der Waals surface area contributed by atoms with Gasteiger partial charge >= 0.3 is 0 Å². The lowest BCUT2D eigenvalue weighted by atomic mass is 10.2. The first-order valence-corrected chi connectivity index (χ1v) is 6.66. The molecule has 0 aliphatic carbocycles. The number of nitrogens with two attached hydrogens (primary N) is 2. The Kier molecular flexibility index (Phi) is 6.17. The van der Waals surface area contributed by atoms with Crippen LogP contribution < -0.4 is 16.8 Å². The summed E-state index contributed by atoms with van der Waals surface area (Å²) in [5.74, 6) is -0.352. The van der Waals surface area contributed by atoms with Crippen molar-refractivity contribution >= 4 is 40.4 Å². The molecule has 0 bridgehead atoms. The Morgan fingerprint density at radius 1 is 1.42 bits per heavy atom. The smallest absolute Gasteiger partial charge is 0.230 e. The third kappa shape index (κ3) is 6.12. The molecule has 19 heavy (non-hydrogen) atoms. The molecule has 1 amide bonds. The predicted molar refractivity (Wildman–Crippen MR) is 79.3 cm³/mol. The van der Waals surface area contributed by atoms with Gasteiger partial charge in [-0.05, 0) is 11.6 Å². The van der Waals surface area contributed by atoms with Crippen molar-refractivity contribution in [2.75, 3.05) is 5.75 Å². The maximum Gasteiger partial charge on any atom is 0.230 e. The third-order valence-electron chi connectivity index (χ3n) is 2.00. The lowest BCUT2D eigenvalue weighted by Crippen LogP contribution is -2.26. The largest absolute Gasteiger partial charge is 0.370 e. The number of hydrogen-bond donors (Lipinski definition) is 4. The van der Waals surface area contributed by atoms with Crippen LogP contribution in [-0.2, 0) is 11.3 Å². The normalized spacial score (nSPS) is 9.74. The van der Waals surface area contributed by atoms with E-state index in [4.69, 9.17) is 28.5 Å². The summed E-state index contributed by atoms with van der Waals surface area (Å²) < 4.78 is 0. The van der Waals surface area contributed by atoms with E-state index in [1.54, 1.807) is 6.07 Å². The summed E-state index contributed by atoms with van der Waals surface area (Å²) in [4.78, 5) is 15.0. The molecule has 0 fully saturated rings. The lowest BCUT2D eigenvalue weighted by molar-refractivity contribution is -0.118. The van der Waals surface area contributed by atoms with Crippen LogP contribution in [0.5, 0.6) is 0 Å². The number of guanidine groups is 1. The molecule has 1 aromatic rings. The highest BCUT2D eigenvalue weighted by Gasteiger charge is 2.05. The van der Waals surface area contributed by atoms with Crippen LogP contribution in [0.25, 0.3) is 0 Å². The van der Waals surface area contributed by atoms with E-state index in [1.807, 2.05) is 18.2 Å². The molecule has 0 atom stereocenters. The quantitative estimate of drug-likeness (QED) is 0.488. The molecule has 1 aromatic carbocycles. The summed E-state index contributed by atoms with van der Waals surface area (Å²) in [6, 6.07) is 7.25. The average Bonchev–Trinajstić information content (AvgIpc) is 2.34. The minimum Gasteiger partial charge on any atom is -0.370 e. The number of nitrogens with zero attached hydrogens (tertiary/aromatic N) is 1. The molecule has 0 saturated carbocycles. The number of thioether (sulfide) groups is 1.